The normalized spacial score (nSPS) is 23.1. The average Bonchev–Trinajstić information content (AvgIpc) is 3.17. The SMILES string of the molecule is N#Cc1ccc(NC2CCC(NC(=O)CCC3CCc4ccccc43)CC2)cn1. The van der Waals surface area contributed by atoms with E-state index in [9.17, 15) is 4.79 Å². The smallest absolute Gasteiger partial charge is 0.220 e. The molecule has 1 aromatic heterocycles. The van der Waals surface area contributed by atoms with Crippen LogP contribution in [0.5, 0.6) is 0 Å². The molecule has 29 heavy (non-hydrogen) atoms. The van der Waals surface area contributed by atoms with Gasteiger partial charge in [0.1, 0.15) is 11.8 Å². The summed E-state index contributed by atoms with van der Waals surface area (Å²) in [6.45, 7) is 0. The van der Waals surface area contributed by atoms with E-state index in [4.69, 9.17) is 5.26 Å². The Kier molecular flexibility index (Phi) is 6.09. The second-order valence-corrected chi connectivity index (χ2v) is 8.28. The van der Waals surface area contributed by atoms with Crippen LogP contribution < -0.4 is 10.6 Å². The van der Waals surface area contributed by atoms with E-state index in [1.807, 2.05) is 12.1 Å². The van der Waals surface area contributed by atoms with Gasteiger partial charge in [-0.1, -0.05) is 24.3 Å². The molecule has 150 valence electrons. The molecule has 1 aromatic carbocycles. The molecular weight excluding hydrogens is 360 g/mol. The van der Waals surface area contributed by atoms with E-state index in [2.05, 4.69) is 39.9 Å². The average molecular weight is 389 g/mol. The summed E-state index contributed by atoms with van der Waals surface area (Å²) in [5.41, 5.74) is 4.29. The minimum Gasteiger partial charge on any atom is -0.381 e. The van der Waals surface area contributed by atoms with Crippen molar-refractivity contribution < 1.29 is 4.79 Å². The topological polar surface area (TPSA) is 77.8 Å². The Morgan fingerprint density at radius 2 is 1.86 bits per heavy atom. The minimum absolute atomic E-state index is 0.196. The van der Waals surface area contributed by atoms with Crippen LogP contribution in [0.3, 0.4) is 0 Å². The lowest BCUT2D eigenvalue weighted by atomic mass is 9.90. The van der Waals surface area contributed by atoms with E-state index in [0.717, 1.165) is 44.2 Å². The number of hydrogen-bond acceptors (Lipinski definition) is 4. The first-order chi connectivity index (χ1) is 14.2. The zero-order valence-corrected chi connectivity index (χ0v) is 16.7. The monoisotopic (exact) mass is 388 g/mol. The third kappa shape index (κ3) is 4.95. The molecule has 0 saturated heterocycles. The number of aryl methyl sites for hydroxylation is 1. The van der Waals surface area contributed by atoms with Crippen LogP contribution in [0.2, 0.25) is 0 Å². The van der Waals surface area contributed by atoms with Gasteiger partial charge in [0, 0.05) is 18.5 Å². The van der Waals surface area contributed by atoms with Gasteiger partial charge in [0.05, 0.1) is 11.9 Å². The molecule has 0 radical (unpaired) electrons. The number of hydrogen-bond donors (Lipinski definition) is 2. The lowest BCUT2D eigenvalue weighted by molar-refractivity contribution is -0.122. The van der Waals surface area contributed by atoms with Crippen molar-refractivity contribution in [2.75, 3.05) is 5.32 Å². The van der Waals surface area contributed by atoms with Crippen molar-refractivity contribution in [3.05, 3.63) is 59.4 Å². The molecule has 2 aromatic rings. The number of anilines is 1. The largest absolute Gasteiger partial charge is 0.381 e. The van der Waals surface area contributed by atoms with E-state index in [1.54, 1.807) is 12.3 Å². The Morgan fingerprint density at radius 1 is 1.07 bits per heavy atom. The van der Waals surface area contributed by atoms with Gasteiger partial charge in [0.2, 0.25) is 5.91 Å². The molecule has 5 nitrogen and oxygen atoms in total. The van der Waals surface area contributed by atoms with E-state index in [-0.39, 0.29) is 11.9 Å². The standard InChI is InChI=1S/C24H28N4O/c25-15-21-12-13-22(16-26-21)27-19-8-10-20(11-9-19)28-24(29)14-7-18-6-5-17-3-1-2-4-23(17)18/h1-4,12-13,16,18-20,27H,5-11,14H2,(H,28,29). The Morgan fingerprint density at radius 3 is 2.62 bits per heavy atom. The number of carbonyl (C=O) groups is 1. The molecule has 2 N–H and O–H groups in total. The van der Waals surface area contributed by atoms with Gasteiger partial charge in [-0.15, -0.1) is 0 Å². The van der Waals surface area contributed by atoms with Crippen LogP contribution >= 0.6 is 0 Å². The molecule has 0 aliphatic heterocycles. The van der Waals surface area contributed by atoms with E-state index in [1.165, 1.54) is 17.5 Å². The van der Waals surface area contributed by atoms with Gasteiger partial charge in [0.25, 0.3) is 0 Å². The number of aromatic nitrogens is 1. The van der Waals surface area contributed by atoms with Crippen LogP contribution in [0.1, 0.15) is 67.7 Å². The first-order valence-corrected chi connectivity index (χ1v) is 10.7. The lowest BCUT2D eigenvalue weighted by Crippen LogP contribution is -2.40. The number of fused-ring (bicyclic) bond motifs is 1. The van der Waals surface area contributed by atoms with Crippen LogP contribution in [0.4, 0.5) is 5.69 Å². The quantitative estimate of drug-likeness (QED) is 0.773. The highest BCUT2D eigenvalue weighted by Crippen LogP contribution is 2.36. The zero-order chi connectivity index (χ0) is 20.1. The maximum Gasteiger partial charge on any atom is 0.220 e. The minimum atomic E-state index is 0.196. The van der Waals surface area contributed by atoms with Crippen LogP contribution in [-0.2, 0) is 11.2 Å². The summed E-state index contributed by atoms with van der Waals surface area (Å²) in [5.74, 6) is 0.736. The Balaban J connectivity index is 1.18. The summed E-state index contributed by atoms with van der Waals surface area (Å²) in [6.07, 6.45) is 9.66. The van der Waals surface area contributed by atoms with Gasteiger partial charge in [-0.3, -0.25) is 4.79 Å². The number of benzene rings is 1. The summed E-state index contributed by atoms with van der Waals surface area (Å²) in [7, 11) is 0. The summed E-state index contributed by atoms with van der Waals surface area (Å²) >= 11 is 0. The first kappa shape index (κ1) is 19.4. The Bertz CT molecular complexity index is 878. The van der Waals surface area contributed by atoms with Crippen molar-refractivity contribution in [3.63, 3.8) is 0 Å². The second-order valence-electron chi connectivity index (χ2n) is 8.28. The summed E-state index contributed by atoms with van der Waals surface area (Å²) in [4.78, 5) is 16.6. The van der Waals surface area contributed by atoms with E-state index in [0.29, 0.717) is 24.1 Å². The highest BCUT2D eigenvalue weighted by Gasteiger charge is 2.25. The maximum absolute atomic E-state index is 12.5. The van der Waals surface area contributed by atoms with Gasteiger partial charge in [0.15, 0.2) is 0 Å². The van der Waals surface area contributed by atoms with E-state index < -0.39 is 0 Å². The van der Waals surface area contributed by atoms with Crippen molar-refractivity contribution in [2.45, 2.75) is 69.4 Å². The van der Waals surface area contributed by atoms with Gasteiger partial charge in [-0.05, 0) is 74.1 Å². The van der Waals surface area contributed by atoms with E-state index >= 15 is 0 Å². The molecule has 0 spiro atoms. The summed E-state index contributed by atoms with van der Waals surface area (Å²) < 4.78 is 0. The molecule has 1 heterocycles. The van der Waals surface area contributed by atoms with Crippen molar-refractivity contribution in [3.8, 4) is 6.07 Å². The third-order valence-corrected chi connectivity index (χ3v) is 6.32. The predicted molar refractivity (Wildman–Crippen MR) is 113 cm³/mol. The fourth-order valence-electron chi connectivity index (χ4n) is 4.71. The highest BCUT2D eigenvalue weighted by molar-refractivity contribution is 5.76. The summed E-state index contributed by atoms with van der Waals surface area (Å²) in [6, 6.07) is 15.0. The number of pyridine rings is 1. The molecule has 1 unspecified atom stereocenters. The second kappa shape index (κ2) is 9.09. The fourth-order valence-corrected chi connectivity index (χ4v) is 4.71. The molecule has 5 heteroatoms. The molecule has 1 saturated carbocycles. The molecule has 0 bridgehead atoms. The molecule has 1 amide bonds. The fraction of sp³-hybridized carbons (Fsp3) is 0.458. The molecule has 4 rings (SSSR count). The van der Waals surface area contributed by atoms with Crippen LogP contribution in [0.25, 0.3) is 0 Å². The molecular formula is C24H28N4O. The highest BCUT2D eigenvalue weighted by atomic mass is 16.1. The number of nitrogens with one attached hydrogen (secondary N) is 2. The number of rotatable bonds is 6. The van der Waals surface area contributed by atoms with Crippen LogP contribution in [0, 0.1) is 11.3 Å². The Labute approximate surface area is 172 Å². The predicted octanol–water partition coefficient (Wildman–Crippen LogP) is 4.30. The zero-order valence-electron chi connectivity index (χ0n) is 16.7. The third-order valence-electron chi connectivity index (χ3n) is 6.32. The van der Waals surface area contributed by atoms with Crippen LogP contribution in [0.15, 0.2) is 42.6 Å². The van der Waals surface area contributed by atoms with Gasteiger partial charge in [-0.25, -0.2) is 4.98 Å². The maximum atomic E-state index is 12.5. The molecule has 1 fully saturated rings. The van der Waals surface area contributed by atoms with Crippen molar-refractivity contribution in [1.82, 2.24) is 10.3 Å². The van der Waals surface area contributed by atoms with Crippen molar-refractivity contribution >= 4 is 11.6 Å². The van der Waals surface area contributed by atoms with Crippen molar-refractivity contribution in [1.29, 1.82) is 5.26 Å². The number of amides is 1. The number of nitriles is 1. The van der Waals surface area contributed by atoms with Gasteiger partial charge in [-0.2, -0.15) is 5.26 Å². The van der Waals surface area contributed by atoms with Gasteiger partial charge >= 0.3 is 0 Å². The molecule has 2 aliphatic rings. The van der Waals surface area contributed by atoms with Crippen molar-refractivity contribution in [2.24, 2.45) is 0 Å². The number of carbonyl (C=O) groups excluding carboxylic acids is 1. The molecule has 2 aliphatic carbocycles. The number of nitrogens with zero attached hydrogens (tertiary/aromatic N) is 2. The van der Waals surface area contributed by atoms with Gasteiger partial charge < -0.3 is 10.6 Å². The van der Waals surface area contributed by atoms with Crippen LogP contribution in [-0.4, -0.2) is 23.0 Å². The molecule has 1 atom stereocenters. The summed E-state index contributed by atoms with van der Waals surface area (Å²) in [5, 5.41) is 15.6. The lowest BCUT2D eigenvalue weighted by Gasteiger charge is -2.30. The Hall–Kier alpha value is -2.87. The first-order valence-electron chi connectivity index (χ1n) is 10.7.